The van der Waals surface area contributed by atoms with Gasteiger partial charge < -0.3 is 4.74 Å². The van der Waals surface area contributed by atoms with Crippen LogP contribution in [0.15, 0.2) is 18.2 Å². The van der Waals surface area contributed by atoms with Gasteiger partial charge in [0.2, 0.25) is 0 Å². The van der Waals surface area contributed by atoms with Crippen molar-refractivity contribution in [3.05, 3.63) is 29.6 Å². The molecule has 0 saturated carbocycles. The predicted molar refractivity (Wildman–Crippen MR) is 54.4 cm³/mol. The van der Waals surface area contributed by atoms with Crippen molar-refractivity contribution in [2.24, 2.45) is 0 Å². The highest BCUT2D eigenvalue weighted by Gasteiger charge is 2.23. The fraction of sp³-hybridized carbons (Fsp3) is 0.273. The fourth-order valence-corrected chi connectivity index (χ4v) is 1.60. The van der Waals surface area contributed by atoms with Crippen molar-refractivity contribution in [1.29, 1.82) is 5.26 Å². The van der Waals surface area contributed by atoms with Gasteiger partial charge in [-0.05, 0) is 24.6 Å². The topological polar surface area (TPSA) is 53.3 Å². The van der Waals surface area contributed by atoms with Crippen LogP contribution in [0.25, 0.3) is 0 Å². The minimum Gasteiger partial charge on any atom is -0.449 e. The molecule has 4 nitrogen and oxygen atoms in total. The molecule has 2 rings (SSSR count). The second-order valence-electron chi connectivity index (χ2n) is 3.39. The fourth-order valence-electron chi connectivity index (χ4n) is 1.60. The van der Waals surface area contributed by atoms with Gasteiger partial charge in [0, 0.05) is 6.54 Å². The quantitative estimate of drug-likeness (QED) is 0.727. The number of halogens is 1. The molecule has 1 fully saturated rings. The molecule has 1 amide bonds. The first kappa shape index (κ1) is 10.4. The number of amides is 1. The summed E-state index contributed by atoms with van der Waals surface area (Å²) in [6.45, 7) is 0.873. The van der Waals surface area contributed by atoms with Crippen LogP contribution in [0.2, 0.25) is 0 Å². The van der Waals surface area contributed by atoms with Gasteiger partial charge in [-0.1, -0.05) is 0 Å². The molecule has 82 valence electrons. The molecule has 1 aliphatic rings. The van der Waals surface area contributed by atoms with Gasteiger partial charge in [0.05, 0.1) is 17.9 Å². The van der Waals surface area contributed by atoms with Crippen LogP contribution in [-0.2, 0) is 4.74 Å². The summed E-state index contributed by atoms with van der Waals surface area (Å²) in [5.41, 5.74) is 0.535. The van der Waals surface area contributed by atoms with E-state index in [4.69, 9.17) is 10.00 Å². The molecule has 1 aromatic carbocycles. The Morgan fingerprint density at radius 3 is 3.00 bits per heavy atom. The number of anilines is 1. The number of hydrogen-bond acceptors (Lipinski definition) is 3. The van der Waals surface area contributed by atoms with Gasteiger partial charge in [0.25, 0.3) is 0 Å². The summed E-state index contributed by atoms with van der Waals surface area (Å²) in [4.78, 5) is 12.8. The maximum absolute atomic E-state index is 12.9. The van der Waals surface area contributed by atoms with E-state index in [1.165, 1.54) is 17.0 Å². The molecule has 0 bridgehead atoms. The van der Waals surface area contributed by atoms with Crippen molar-refractivity contribution in [2.75, 3.05) is 18.1 Å². The second kappa shape index (κ2) is 4.19. The van der Waals surface area contributed by atoms with Crippen LogP contribution in [0.5, 0.6) is 0 Å². The third kappa shape index (κ3) is 1.82. The molecule has 0 aromatic heterocycles. The molecule has 1 saturated heterocycles. The summed E-state index contributed by atoms with van der Waals surface area (Å²) in [6, 6.07) is 5.61. The normalized spacial score (nSPS) is 15.5. The Labute approximate surface area is 91.8 Å². The van der Waals surface area contributed by atoms with Crippen molar-refractivity contribution in [1.82, 2.24) is 0 Å². The maximum atomic E-state index is 12.9. The average Bonchev–Trinajstić information content (AvgIpc) is 2.30. The average molecular weight is 220 g/mol. The van der Waals surface area contributed by atoms with E-state index in [0.29, 0.717) is 25.3 Å². The van der Waals surface area contributed by atoms with Crippen LogP contribution in [-0.4, -0.2) is 19.2 Å². The van der Waals surface area contributed by atoms with Gasteiger partial charge in [-0.3, -0.25) is 4.90 Å². The predicted octanol–water partition coefficient (Wildman–Crippen LogP) is 2.04. The number of carbonyl (C=O) groups excluding carboxylic acids is 1. The molecule has 1 aromatic rings. The van der Waals surface area contributed by atoms with Crippen molar-refractivity contribution in [3.63, 3.8) is 0 Å². The molecule has 16 heavy (non-hydrogen) atoms. The van der Waals surface area contributed by atoms with Crippen LogP contribution in [0.4, 0.5) is 14.9 Å². The van der Waals surface area contributed by atoms with Gasteiger partial charge in [-0.25, -0.2) is 9.18 Å². The van der Waals surface area contributed by atoms with Gasteiger partial charge in [0.1, 0.15) is 11.9 Å². The van der Waals surface area contributed by atoms with Gasteiger partial charge in [-0.2, -0.15) is 5.26 Å². The minimum atomic E-state index is -0.495. The number of nitriles is 1. The van der Waals surface area contributed by atoms with E-state index in [0.717, 1.165) is 6.07 Å². The lowest BCUT2D eigenvalue weighted by Gasteiger charge is -2.26. The van der Waals surface area contributed by atoms with Gasteiger partial charge in [0.15, 0.2) is 0 Å². The molecule has 0 unspecified atom stereocenters. The summed E-state index contributed by atoms with van der Waals surface area (Å²) in [6.07, 6.45) is 0.211. The Balaban J connectivity index is 2.39. The third-order valence-corrected chi connectivity index (χ3v) is 2.34. The Morgan fingerprint density at radius 1 is 1.50 bits per heavy atom. The molecule has 5 heteroatoms. The summed E-state index contributed by atoms with van der Waals surface area (Å²) in [5, 5.41) is 8.86. The molecule has 1 heterocycles. The van der Waals surface area contributed by atoms with E-state index in [-0.39, 0.29) is 5.56 Å². The highest BCUT2D eigenvalue weighted by atomic mass is 19.1. The van der Waals surface area contributed by atoms with E-state index in [2.05, 4.69) is 0 Å². The van der Waals surface area contributed by atoms with Crippen LogP contribution in [0.1, 0.15) is 12.0 Å². The standard InChI is InChI=1S/C11H9FN2O2/c12-9-2-3-10(8(6-9)7-13)14-4-1-5-16-11(14)15/h2-3,6H,1,4-5H2. The largest absolute Gasteiger partial charge is 0.449 e. The van der Waals surface area contributed by atoms with Crippen LogP contribution >= 0.6 is 0 Å². The first-order valence-corrected chi connectivity index (χ1v) is 4.86. The number of nitrogens with zero attached hydrogens (tertiary/aromatic N) is 2. The summed E-state index contributed by atoms with van der Waals surface area (Å²) in [5.74, 6) is -0.495. The number of carbonyl (C=O) groups is 1. The van der Waals surface area contributed by atoms with Crippen LogP contribution < -0.4 is 4.90 Å². The highest BCUT2D eigenvalue weighted by Crippen LogP contribution is 2.23. The van der Waals surface area contributed by atoms with Gasteiger partial charge >= 0.3 is 6.09 Å². The third-order valence-electron chi connectivity index (χ3n) is 2.34. The molecule has 0 radical (unpaired) electrons. The number of ether oxygens (including phenoxy) is 1. The van der Waals surface area contributed by atoms with Crippen molar-refractivity contribution in [3.8, 4) is 6.07 Å². The molecule has 0 aliphatic carbocycles. The zero-order valence-corrected chi connectivity index (χ0v) is 8.44. The van der Waals surface area contributed by atoms with E-state index in [1.807, 2.05) is 6.07 Å². The maximum Gasteiger partial charge on any atom is 0.414 e. The number of hydrogen-bond donors (Lipinski definition) is 0. The first-order chi connectivity index (χ1) is 7.72. The summed E-state index contributed by atoms with van der Waals surface area (Å²) >= 11 is 0. The van der Waals surface area contributed by atoms with Crippen LogP contribution in [0.3, 0.4) is 0 Å². The molecular weight excluding hydrogens is 211 g/mol. The molecule has 1 aliphatic heterocycles. The minimum absolute atomic E-state index is 0.138. The zero-order valence-electron chi connectivity index (χ0n) is 8.44. The highest BCUT2D eigenvalue weighted by molar-refractivity contribution is 5.89. The Morgan fingerprint density at radius 2 is 2.31 bits per heavy atom. The molecule has 0 atom stereocenters. The lowest BCUT2D eigenvalue weighted by Crippen LogP contribution is -2.38. The van der Waals surface area contributed by atoms with Crippen molar-refractivity contribution < 1.29 is 13.9 Å². The van der Waals surface area contributed by atoms with E-state index in [1.54, 1.807) is 0 Å². The lowest BCUT2D eigenvalue weighted by molar-refractivity contribution is 0.140. The Bertz CT molecular complexity index is 468. The summed E-state index contributed by atoms with van der Waals surface area (Å²) < 4.78 is 17.8. The van der Waals surface area contributed by atoms with Crippen LogP contribution in [0, 0.1) is 17.1 Å². The van der Waals surface area contributed by atoms with E-state index >= 15 is 0 Å². The van der Waals surface area contributed by atoms with E-state index < -0.39 is 11.9 Å². The summed E-state index contributed by atoms with van der Waals surface area (Å²) in [7, 11) is 0. The first-order valence-electron chi connectivity index (χ1n) is 4.86. The Hall–Kier alpha value is -2.09. The monoisotopic (exact) mass is 220 g/mol. The van der Waals surface area contributed by atoms with Gasteiger partial charge in [-0.15, -0.1) is 0 Å². The number of rotatable bonds is 1. The number of cyclic esters (lactones) is 1. The molecule has 0 N–H and O–H groups in total. The SMILES string of the molecule is N#Cc1cc(F)ccc1N1CCCOC1=O. The lowest BCUT2D eigenvalue weighted by atomic mass is 10.1. The van der Waals surface area contributed by atoms with E-state index in [9.17, 15) is 9.18 Å². The molecular formula is C11H9FN2O2. The zero-order chi connectivity index (χ0) is 11.5. The number of benzene rings is 1. The smallest absolute Gasteiger partial charge is 0.414 e. The Kier molecular flexibility index (Phi) is 2.73. The van der Waals surface area contributed by atoms with Crippen molar-refractivity contribution in [2.45, 2.75) is 6.42 Å². The van der Waals surface area contributed by atoms with Crippen molar-refractivity contribution >= 4 is 11.8 Å². The second-order valence-corrected chi connectivity index (χ2v) is 3.39. The molecule has 0 spiro atoms.